The molecule has 3 heterocycles. The molecule has 0 bridgehead atoms. The van der Waals surface area contributed by atoms with Crippen LogP contribution >= 0.6 is 0 Å². The molecule has 5 nitrogen and oxygen atoms in total. The van der Waals surface area contributed by atoms with Crippen LogP contribution in [0.2, 0.25) is 0 Å². The first-order chi connectivity index (χ1) is 11.3. The quantitative estimate of drug-likeness (QED) is 0.891. The molecule has 0 spiro atoms. The molecule has 0 unspecified atom stereocenters. The number of hydrogen-bond acceptors (Lipinski definition) is 4. The predicted molar refractivity (Wildman–Crippen MR) is 87.9 cm³/mol. The lowest BCUT2D eigenvalue weighted by atomic mass is 10.1. The zero-order valence-electron chi connectivity index (χ0n) is 13.6. The summed E-state index contributed by atoms with van der Waals surface area (Å²) in [5.74, 6) is 0.841. The van der Waals surface area contributed by atoms with Crippen LogP contribution in [0.3, 0.4) is 0 Å². The first-order valence-electron chi connectivity index (χ1n) is 8.57. The minimum absolute atomic E-state index is 0.104. The molecular weight excluding hydrogens is 288 g/mol. The van der Waals surface area contributed by atoms with Crippen LogP contribution in [0.15, 0.2) is 30.7 Å². The van der Waals surface area contributed by atoms with Crippen molar-refractivity contribution < 1.29 is 4.74 Å². The van der Waals surface area contributed by atoms with E-state index in [0.29, 0.717) is 6.04 Å². The van der Waals surface area contributed by atoms with Crippen molar-refractivity contribution in [3.63, 3.8) is 0 Å². The molecule has 1 saturated heterocycles. The van der Waals surface area contributed by atoms with Crippen LogP contribution in [0.4, 0.5) is 0 Å². The third kappa shape index (κ3) is 3.46. The van der Waals surface area contributed by atoms with Gasteiger partial charge in [0.2, 0.25) is 0 Å². The van der Waals surface area contributed by atoms with Crippen molar-refractivity contribution in [2.45, 2.75) is 51.4 Å². The normalized spacial score (nSPS) is 24.2. The molecule has 2 aromatic rings. The summed E-state index contributed by atoms with van der Waals surface area (Å²) in [6.45, 7) is 4.75. The van der Waals surface area contributed by atoms with Crippen LogP contribution in [0.5, 0.6) is 0 Å². The average molecular weight is 312 g/mol. The van der Waals surface area contributed by atoms with Crippen LogP contribution in [-0.4, -0.2) is 27.4 Å². The number of hydrogen-bond donors (Lipinski definition) is 1. The molecule has 1 aliphatic heterocycles. The Morgan fingerprint density at radius 1 is 1.35 bits per heavy atom. The summed E-state index contributed by atoms with van der Waals surface area (Å²) in [6, 6.07) is 4.42. The second-order valence-corrected chi connectivity index (χ2v) is 6.77. The minimum Gasteiger partial charge on any atom is -0.372 e. The van der Waals surface area contributed by atoms with Gasteiger partial charge in [0.25, 0.3) is 0 Å². The molecule has 2 atom stereocenters. The van der Waals surface area contributed by atoms with E-state index in [-0.39, 0.29) is 6.10 Å². The number of rotatable bonds is 6. The Kier molecular flexibility index (Phi) is 4.14. The van der Waals surface area contributed by atoms with Gasteiger partial charge in [-0.1, -0.05) is 6.07 Å². The predicted octanol–water partition coefficient (Wildman–Crippen LogP) is 2.62. The van der Waals surface area contributed by atoms with E-state index in [2.05, 4.69) is 39.3 Å². The van der Waals surface area contributed by atoms with Gasteiger partial charge >= 0.3 is 0 Å². The highest BCUT2D eigenvalue weighted by Gasteiger charge is 2.31. The molecule has 5 heteroatoms. The number of ether oxygens (including phenoxy) is 1. The Balaban J connectivity index is 1.40. The van der Waals surface area contributed by atoms with Gasteiger partial charge in [-0.05, 0) is 43.7 Å². The highest BCUT2D eigenvalue weighted by atomic mass is 16.5. The van der Waals surface area contributed by atoms with E-state index in [1.54, 1.807) is 0 Å². The summed E-state index contributed by atoms with van der Waals surface area (Å²) >= 11 is 0. The van der Waals surface area contributed by atoms with Crippen LogP contribution in [-0.2, 0) is 17.8 Å². The van der Waals surface area contributed by atoms with Gasteiger partial charge in [-0.25, -0.2) is 0 Å². The first kappa shape index (κ1) is 14.8. The van der Waals surface area contributed by atoms with Gasteiger partial charge in [0.05, 0.1) is 11.9 Å². The van der Waals surface area contributed by atoms with E-state index in [1.807, 2.05) is 18.5 Å². The molecule has 2 aromatic heterocycles. The van der Waals surface area contributed by atoms with Crippen LogP contribution in [0, 0.1) is 12.8 Å². The van der Waals surface area contributed by atoms with Crippen molar-refractivity contribution in [3.05, 3.63) is 47.5 Å². The molecule has 122 valence electrons. The highest BCUT2D eigenvalue weighted by Crippen LogP contribution is 2.32. The summed E-state index contributed by atoms with van der Waals surface area (Å²) in [4.78, 5) is 4.46. The van der Waals surface area contributed by atoms with E-state index in [0.717, 1.165) is 37.7 Å². The Bertz CT molecular complexity index is 665. The van der Waals surface area contributed by atoms with E-state index in [9.17, 15) is 0 Å². The Morgan fingerprint density at radius 3 is 3.09 bits per heavy atom. The topological polar surface area (TPSA) is 52.0 Å². The fourth-order valence-corrected chi connectivity index (χ4v) is 3.25. The zero-order chi connectivity index (χ0) is 15.6. The van der Waals surface area contributed by atoms with E-state index in [4.69, 9.17) is 4.74 Å². The third-order valence-electron chi connectivity index (χ3n) is 4.87. The van der Waals surface area contributed by atoms with Gasteiger partial charge in [-0.15, -0.1) is 0 Å². The number of aryl methyl sites for hydroxylation is 1. The summed E-state index contributed by atoms with van der Waals surface area (Å²) in [5.41, 5.74) is 3.54. The molecule has 0 amide bonds. The van der Waals surface area contributed by atoms with Gasteiger partial charge in [-0.3, -0.25) is 9.67 Å². The molecule has 0 radical (unpaired) electrons. The van der Waals surface area contributed by atoms with Crippen LogP contribution < -0.4 is 5.32 Å². The molecule has 1 aliphatic carbocycles. The number of nitrogens with zero attached hydrogens (tertiary/aromatic N) is 3. The van der Waals surface area contributed by atoms with Gasteiger partial charge in [0.15, 0.2) is 0 Å². The fraction of sp³-hybridized carbons (Fsp3) is 0.556. The van der Waals surface area contributed by atoms with Crippen molar-refractivity contribution in [1.82, 2.24) is 20.1 Å². The molecule has 4 rings (SSSR count). The lowest BCUT2D eigenvalue weighted by molar-refractivity contribution is 0.0983. The van der Waals surface area contributed by atoms with Crippen molar-refractivity contribution in [2.24, 2.45) is 5.92 Å². The first-order valence-corrected chi connectivity index (χ1v) is 8.57. The summed E-state index contributed by atoms with van der Waals surface area (Å²) < 4.78 is 8.05. The second kappa shape index (κ2) is 6.42. The van der Waals surface area contributed by atoms with Gasteiger partial charge in [-0.2, -0.15) is 5.10 Å². The van der Waals surface area contributed by atoms with Crippen LogP contribution in [0.1, 0.15) is 42.2 Å². The van der Waals surface area contributed by atoms with Crippen molar-refractivity contribution in [1.29, 1.82) is 0 Å². The molecule has 2 fully saturated rings. The van der Waals surface area contributed by atoms with E-state index >= 15 is 0 Å². The number of nitrogens with one attached hydrogen (secondary N) is 1. The molecule has 2 aliphatic rings. The summed E-state index contributed by atoms with van der Waals surface area (Å²) in [7, 11) is 0. The molecule has 1 N–H and O–H groups in total. The fourth-order valence-electron chi connectivity index (χ4n) is 3.25. The molecular formula is C18H24N4O. The average Bonchev–Trinajstić information content (AvgIpc) is 3.06. The van der Waals surface area contributed by atoms with Crippen molar-refractivity contribution in [2.75, 3.05) is 6.61 Å². The maximum absolute atomic E-state index is 5.97. The summed E-state index contributed by atoms with van der Waals surface area (Å²) in [6.07, 6.45) is 9.82. The van der Waals surface area contributed by atoms with Crippen LogP contribution in [0.25, 0.3) is 0 Å². The lowest BCUT2D eigenvalue weighted by Gasteiger charge is -2.19. The number of aromatic nitrogens is 3. The highest BCUT2D eigenvalue weighted by molar-refractivity contribution is 5.18. The monoisotopic (exact) mass is 312 g/mol. The standard InChI is InChI=1S/C18H24N4O/c1-13-3-2-7-19-17(13)10-20-16-6-8-23-18(16)15-9-21-22(12-15)11-14-4-5-14/h2-3,7,9,12,14,16,18,20H,4-6,8,10-11H2,1H3/t16-,18+/m0/s1. The maximum Gasteiger partial charge on any atom is 0.101 e. The van der Waals surface area contributed by atoms with Gasteiger partial charge < -0.3 is 10.1 Å². The smallest absolute Gasteiger partial charge is 0.101 e. The molecule has 23 heavy (non-hydrogen) atoms. The summed E-state index contributed by atoms with van der Waals surface area (Å²) in [5, 5.41) is 8.13. The zero-order valence-corrected chi connectivity index (χ0v) is 13.6. The Hall–Kier alpha value is -1.72. The van der Waals surface area contributed by atoms with E-state index < -0.39 is 0 Å². The third-order valence-corrected chi connectivity index (χ3v) is 4.87. The minimum atomic E-state index is 0.104. The second-order valence-electron chi connectivity index (χ2n) is 6.77. The van der Waals surface area contributed by atoms with Gasteiger partial charge in [0.1, 0.15) is 6.10 Å². The number of pyridine rings is 1. The largest absolute Gasteiger partial charge is 0.372 e. The van der Waals surface area contributed by atoms with Crippen molar-refractivity contribution >= 4 is 0 Å². The van der Waals surface area contributed by atoms with Crippen molar-refractivity contribution in [3.8, 4) is 0 Å². The Labute approximate surface area is 137 Å². The Morgan fingerprint density at radius 2 is 2.26 bits per heavy atom. The van der Waals surface area contributed by atoms with Gasteiger partial charge in [0, 0.05) is 43.7 Å². The molecule has 1 saturated carbocycles. The lowest BCUT2D eigenvalue weighted by Crippen LogP contribution is -2.31. The maximum atomic E-state index is 5.97. The van der Waals surface area contributed by atoms with E-state index in [1.165, 1.54) is 24.0 Å². The molecule has 0 aromatic carbocycles. The SMILES string of the molecule is Cc1cccnc1CN[C@H]1CCO[C@@H]1c1cnn(CC2CC2)c1.